The molecule has 3 heteroatoms. The highest BCUT2D eigenvalue weighted by Gasteiger charge is 2.13. The number of hydrogen-bond donors (Lipinski definition) is 1. The highest BCUT2D eigenvalue weighted by molar-refractivity contribution is 7.99. The summed E-state index contributed by atoms with van der Waals surface area (Å²) in [6, 6.07) is 8.19. The second-order valence-corrected chi connectivity index (χ2v) is 5.82. The first kappa shape index (κ1) is 12.3. The molecule has 1 saturated heterocycles. The minimum atomic E-state index is 0.751. The van der Waals surface area contributed by atoms with Crippen LogP contribution in [0.5, 0.6) is 0 Å². The van der Waals surface area contributed by atoms with Crippen molar-refractivity contribution in [3.8, 4) is 6.07 Å². The third-order valence-electron chi connectivity index (χ3n) is 3.22. The lowest BCUT2D eigenvalue weighted by molar-refractivity contribution is 0.516. The molecule has 0 aliphatic carbocycles. The van der Waals surface area contributed by atoms with E-state index in [1.807, 2.05) is 12.1 Å². The normalized spacial score (nSPS) is 16.5. The second-order valence-electron chi connectivity index (χ2n) is 4.60. The highest BCUT2D eigenvalue weighted by atomic mass is 32.2. The summed E-state index contributed by atoms with van der Waals surface area (Å²) in [4.78, 5) is 0. The maximum Gasteiger partial charge on any atom is 0.101 e. The molecule has 0 amide bonds. The van der Waals surface area contributed by atoms with E-state index in [0.29, 0.717) is 0 Å². The Morgan fingerprint density at radius 3 is 2.88 bits per heavy atom. The van der Waals surface area contributed by atoms with Crippen LogP contribution in [0.25, 0.3) is 0 Å². The molecule has 0 unspecified atom stereocenters. The number of benzene rings is 1. The van der Waals surface area contributed by atoms with Crippen molar-refractivity contribution in [2.24, 2.45) is 5.92 Å². The van der Waals surface area contributed by atoms with Crippen molar-refractivity contribution in [2.45, 2.75) is 19.8 Å². The maximum atomic E-state index is 9.05. The van der Waals surface area contributed by atoms with Crippen LogP contribution < -0.4 is 5.32 Å². The Labute approximate surface area is 107 Å². The van der Waals surface area contributed by atoms with Gasteiger partial charge in [0.15, 0.2) is 0 Å². The molecule has 0 spiro atoms. The predicted octanol–water partition coefficient (Wildman–Crippen LogP) is 3.42. The molecular weight excluding hydrogens is 228 g/mol. The average molecular weight is 246 g/mol. The monoisotopic (exact) mass is 246 g/mol. The SMILES string of the molecule is Cc1ccc(C#N)c(NCC2CCSCC2)c1. The van der Waals surface area contributed by atoms with E-state index in [-0.39, 0.29) is 0 Å². The Hall–Kier alpha value is -1.14. The van der Waals surface area contributed by atoms with Gasteiger partial charge in [0.05, 0.1) is 11.3 Å². The van der Waals surface area contributed by atoms with E-state index in [0.717, 1.165) is 23.7 Å². The van der Waals surface area contributed by atoms with E-state index in [1.54, 1.807) is 0 Å². The summed E-state index contributed by atoms with van der Waals surface area (Å²) < 4.78 is 0. The first-order chi connectivity index (χ1) is 8.29. The van der Waals surface area contributed by atoms with Crippen molar-refractivity contribution >= 4 is 17.4 Å². The van der Waals surface area contributed by atoms with Crippen LogP contribution in [0.3, 0.4) is 0 Å². The Kier molecular flexibility index (Phi) is 4.33. The molecule has 0 aromatic heterocycles. The number of anilines is 1. The van der Waals surface area contributed by atoms with Gasteiger partial charge in [-0.05, 0) is 54.9 Å². The number of nitrogens with one attached hydrogen (secondary N) is 1. The molecule has 1 aliphatic rings. The molecule has 0 atom stereocenters. The van der Waals surface area contributed by atoms with Crippen molar-refractivity contribution in [1.29, 1.82) is 5.26 Å². The van der Waals surface area contributed by atoms with Gasteiger partial charge in [0, 0.05) is 6.54 Å². The molecule has 1 N–H and O–H groups in total. The largest absolute Gasteiger partial charge is 0.384 e. The maximum absolute atomic E-state index is 9.05. The third kappa shape index (κ3) is 3.41. The molecule has 0 bridgehead atoms. The molecule has 1 aliphatic heterocycles. The molecule has 1 fully saturated rings. The Bertz CT molecular complexity index is 417. The van der Waals surface area contributed by atoms with Crippen LogP contribution in [-0.2, 0) is 0 Å². The van der Waals surface area contributed by atoms with Gasteiger partial charge >= 0.3 is 0 Å². The van der Waals surface area contributed by atoms with E-state index in [9.17, 15) is 0 Å². The van der Waals surface area contributed by atoms with E-state index >= 15 is 0 Å². The van der Waals surface area contributed by atoms with Gasteiger partial charge in [0.2, 0.25) is 0 Å². The van der Waals surface area contributed by atoms with Gasteiger partial charge in [-0.2, -0.15) is 17.0 Å². The van der Waals surface area contributed by atoms with Crippen LogP contribution >= 0.6 is 11.8 Å². The quantitative estimate of drug-likeness (QED) is 0.887. The van der Waals surface area contributed by atoms with Crippen LogP contribution in [0.1, 0.15) is 24.0 Å². The lowest BCUT2D eigenvalue weighted by atomic mass is 10.0. The Balaban J connectivity index is 1.98. The zero-order valence-corrected chi connectivity index (χ0v) is 11.0. The molecule has 1 heterocycles. The van der Waals surface area contributed by atoms with Gasteiger partial charge < -0.3 is 5.32 Å². The number of hydrogen-bond acceptors (Lipinski definition) is 3. The van der Waals surface area contributed by atoms with Gasteiger partial charge in [-0.15, -0.1) is 0 Å². The first-order valence-corrected chi connectivity index (χ1v) is 7.27. The number of nitrogens with zero attached hydrogens (tertiary/aromatic N) is 1. The van der Waals surface area contributed by atoms with Gasteiger partial charge in [0.1, 0.15) is 6.07 Å². The van der Waals surface area contributed by atoms with E-state index in [1.165, 1.54) is 29.9 Å². The molecule has 2 rings (SSSR count). The van der Waals surface area contributed by atoms with Gasteiger partial charge in [-0.25, -0.2) is 0 Å². The summed E-state index contributed by atoms with van der Waals surface area (Å²) in [7, 11) is 0. The summed E-state index contributed by atoms with van der Waals surface area (Å²) >= 11 is 2.05. The van der Waals surface area contributed by atoms with Crippen LogP contribution in [0.15, 0.2) is 18.2 Å². The zero-order chi connectivity index (χ0) is 12.1. The van der Waals surface area contributed by atoms with Gasteiger partial charge in [-0.3, -0.25) is 0 Å². The van der Waals surface area contributed by atoms with Crippen LogP contribution in [0, 0.1) is 24.2 Å². The fourth-order valence-electron chi connectivity index (χ4n) is 2.11. The minimum Gasteiger partial charge on any atom is -0.384 e. The molecule has 2 nitrogen and oxygen atoms in total. The topological polar surface area (TPSA) is 35.8 Å². The first-order valence-electron chi connectivity index (χ1n) is 6.12. The zero-order valence-electron chi connectivity index (χ0n) is 10.2. The number of rotatable bonds is 3. The van der Waals surface area contributed by atoms with Gasteiger partial charge in [-0.1, -0.05) is 6.07 Å². The van der Waals surface area contributed by atoms with Crippen LogP contribution in [-0.4, -0.2) is 18.1 Å². The summed E-state index contributed by atoms with van der Waals surface area (Å²) in [6.45, 7) is 3.06. The van der Waals surface area contributed by atoms with E-state index in [2.05, 4.69) is 36.1 Å². The van der Waals surface area contributed by atoms with E-state index < -0.39 is 0 Å². The third-order valence-corrected chi connectivity index (χ3v) is 4.27. The van der Waals surface area contributed by atoms with E-state index in [4.69, 9.17) is 5.26 Å². The summed E-state index contributed by atoms with van der Waals surface area (Å²) in [5, 5.41) is 12.5. The standard InChI is InChI=1S/C14H18N2S/c1-11-2-3-13(9-15)14(8-11)16-10-12-4-6-17-7-5-12/h2-3,8,12,16H,4-7,10H2,1H3. The highest BCUT2D eigenvalue weighted by Crippen LogP contribution is 2.24. The summed E-state index contributed by atoms with van der Waals surface area (Å²) in [5.74, 6) is 3.33. The Morgan fingerprint density at radius 2 is 2.18 bits per heavy atom. The van der Waals surface area contributed by atoms with Crippen molar-refractivity contribution in [2.75, 3.05) is 23.4 Å². The second kappa shape index (κ2) is 5.97. The molecular formula is C14H18N2S. The van der Waals surface area contributed by atoms with Gasteiger partial charge in [0.25, 0.3) is 0 Å². The minimum absolute atomic E-state index is 0.751. The van der Waals surface area contributed by atoms with Crippen molar-refractivity contribution in [3.63, 3.8) is 0 Å². The molecule has 17 heavy (non-hydrogen) atoms. The number of nitriles is 1. The van der Waals surface area contributed by atoms with Crippen molar-refractivity contribution < 1.29 is 0 Å². The fourth-order valence-corrected chi connectivity index (χ4v) is 3.31. The lowest BCUT2D eigenvalue weighted by Crippen LogP contribution is -2.19. The average Bonchev–Trinajstić information content (AvgIpc) is 2.38. The fraction of sp³-hybridized carbons (Fsp3) is 0.500. The lowest BCUT2D eigenvalue weighted by Gasteiger charge is -2.22. The number of aryl methyl sites for hydroxylation is 1. The molecule has 1 aromatic carbocycles. The van der Waals surface area contributed by atoms with Crippen LogP contribution in [0.4, 0.5) is 5.69 Å². The Morgan fingerprint density at radius 1 is 1.41 bits per heavy atom. The molecule has 1 aromatic rings. The molecule has 0 radical (unpaired) electrons. The predicted molar refractivity (Wildman–Crippen MR) is 74.4 cm³/mol. The summed E-state index contributed by atoms with van der Waals surface area (Å²) in [6.07, 6.45) is 2.59. The van der Waals surface area contributed by atoms with Crippen molar-refractivity contribution in [1.82, 2.24) is 0 Å². The van der Waals surface area contributed by atoms with Crippen LogP contribution in [0.2, 0.25) is 0 Å². The van der Waals surface area contributed by atoms with Crippen molar-refractivity contribution in [3.05, 3.63) is 29.3 Å². The molecule has 0 saturated carbocycles. The molecule has 90 valence electrons. The number of thioether (sulfide) groups is 1. The smallest absolute Gasteiger partial charge is 0.101 e. The summed E-state index contributed by atoms with van der Waals surface area (Å²) in [5.41, 5.74) is 2.94.